The zero-order chi connectivity index (χ0) is 17.9. The Morgan fingerprint density at radius 2 is 1.96 bits per heavy atom. The Bertz CT molecular complexity index is 766. The first-order valence-electron chi connectivity index (χ1n) is 9.65. The number of para-hydroxylation sites is 1. The number of carbonyl (C=O) groups is 1. The van der Waals surface area contributed by atoms with Crippen molar-refractivity contribution in [3.63, 3.8) is 0 Å². The van der Waals surface area contributed by atoms with Crippen LogP contribution in [-0.4, -0.2) is 43.5 Å². The highest BCUT2D eigenvalue weighted by molar-refractivity contribution is 7.14. The third kappa shape index (κ3) is 3.64. The maximum atomic E-state index is 13.0. The highest BCUT2D eigenvalue weighted by Crippen LogP contribution is 2.30. The predicted molar refractivity (Wildman–Crippen MR) is 108 cm³/mol. The molecule has 2 aliphatic heterocycles. The van der Waals surface area contributed by atoms with Gasteiger partial charge in [-0.1, -0.05) is 18.2 Å². The second-order valence-corrected chi connectivity index (χ2v) is 8.39. The summed E-state index contributed by atoms with van der Waals surface area (Å²) >= 11 is 1.67. The number of carbonyl (C=O) groups excluding carboxylic acids is 1. The van der Waals surface area contributed by atoms with Crippen LogP contribution in [0.3, 0.4) is 0 Å². The Kier molecular flexibility index (Phi) is 5.27. The maximum absolute atomic E-state index is 13.0. The summed E-state index contributed by atoms with van der Waals surface area (Å²) in [5.41, 5.74) is 2.60. The van der Waals surface area contributed by atoms with Crippen molar-refractivity contribution in [1.29, 1.82) is 0 Å². The van der Waals surface area contributed by atoms with Gasteiger partial charge in [-0.15, -0.1) is 11.3 Å². The average molecular weight is 370 g/mol. The highest BCUT2D eigenvalue weighted by Gasteiger charge is 2.24. The molecule has 1 N–H and O–H groups in total. The number of amides is 1. The number of rotatable bonds is 3. The van der Waals surface area contributed by atoms with E-state index in [1.54, 1.807) is 11.3 Å². The van der Waals surface area contributed by atoms with Gasteiger partial charge in [0, 0.05) is 42.8 Å². The third-order valence-corrected chi connectivity index (χ3v) is 6.67. The molecular formula is C21H27N3OS. The summed E-state index contributed by atoms with van der Waals surface area (Å²) in [5.74, 6) is 0.200. The molecule has 4 nitrogen and oxygen atoms in total. The maximum Gasteiger partial charge on any atom is 0.263 e. The Morgan fingerprint density at radius 3 is 2.77 bits per heavy atom. The average Bonchev–Trinajstić information content (AvgIpc) is 3.29. The minimum atomic E-state index is 0.200. The van der Waals surface area contributed by atoms with Crippen LogP contribution in [0.15, 0.2) is 36.4 Å². The third-order valence-electron chi connectivity index (χ3n) is 5.48. The normalized spacial score (nSPS) is 21.0. The quantitative estimate of drug-likeness (QED) is 0.893. The molecule has 1 unspecified atom stereocenters. The summed E-state index contributed by atoms with van der Waals surface area (Å²) in [6.45, 7) is 6.80. The van der Waals surface area contributed by atoms with Crippen LogP contribution in [0, 0.1) is 6.92 Å². The van der Waals surface area contributed by atoms with Gasteiger partial charge in [0.2, 0.25) is 0 Å². The van der Waals surface area contributed by atoms with E-state index in [2.05, 4.69) is 47.5 Å². The van der Waals surface area contributed by atoms with Gasteiger partial charge in [0.15, 0.2) is 0 Å². The molecule has 1 aromatic carbocycles. The fourth-order valence-electron chi connectivity index (χ4n) is 4.02. The highest BCUT2D eigenvalue weighted by atomic mass is 32.1. The summed E-state index contributed by atoms with van der Waals surface area (Å²) in [7, 11) is 0. The van der Waals surface area contributed by atoms with Crippen molar-refractivity contribution in [2.45, 2.75) is 32.2 Å². The molecule has 1 amide bonds. The topological polar surface area (TPSA) is 35.6 Å². The van der Waals surface area contributed by atoms with Gasteiger partial charge in [-0.3, -0.25) is 4.79 Å². The van der Waals surface area contributed by atoms with Gasteiger partial charge in [0.25, 0.3) is 5.91 Å². The Balaban J connectivity index is 1.42. The molecule has 0 saturated carbocycles. The van der Waals surface area contributed by atoms with E-state index in [4.69, 9.17) is 0 Å². The standard InChI is InChI=1S/C21H27N3OS/c1-16-6-2-3-8-18(16)23-12-5-13-24(15-14-23)21(25)20-10-9-19(26-20)17-7-4-11-22-17/h2-3,6,8-10,17,22H,4-5,7,11-15H2,1H3. The zero-order valence-electron chi connectivity index (χ0n) is 15.4. The summed E-state index contributed by atoms with van der Waals surface area (Å²) < 4.78 is 0. The molecule has 1 aromatic heterocycles. The molecule has 1 atom stereocenters. The first kappa shape index (κ1) is 17.6. The number of nitrogens with one attached hydrogen (secondary N) is 1. The lowest BCUT2D eigenvalue weighted by Crippen LogP contribution is -2.35. The number of nitrogens with zero attached hydrogens (tertiary/aromatic N) is 2. The predicted octanol–water partition coefficient (Wildman–Crippen LogP) is 3.83. The Labute approximate surface area is 159 Å². The Hall–Kier alpha value is -1.85. The minimum Gasteiger partial charge on any atom is -0.369 e. The van der Waals surface area contributed by atoms with Crippen molar-refractivity contribution >= 4 is 22.9 Å². The van der Waals surface area contributed by atoms with Crippen LogP contribution >= 0.6 is 11.3 Å². The van der Waals surface area contributed by atoms with Crippen molar-refractivity contribution in [2.75, 3.05) is 37.6 Å². The van der Waals surface area contributed by atoms with Gasteiger partial charge in [-0.05, 0) is 56.5 Å². The first-order valence-corrected chi connectivity index (χ1v) is 10.5. The molecular weight excluding hydrogens is 342 g/mol. The van der Waals surface area contributed by atoms with Gasteiger partial charge in [-0.2, -0.15) is 0 Å². The van der Waals surface area contributed by atoms with Crippen LogP contribution in [0.25, 0.3) is 0 Å². The van der Waals surface area contributed by atoms with E-state index in [1.165, 1.54) is 29.0 Å². The van der Waals surface area contributed by atoms with Crippen LogP contribution in [0.1, 0.15) is 45.4 Å². The summed E-state index contributed by atoms with van der Waals surface area (Å²) in [6, 6.07) is 13.1. The number of anilines is 1. The lowest BCUT2D eigenvalue weighted by Gasteiger charge is -2.25. The lowest BCUT2D eigenvalue weighted by molar-refractivity contribution is 0.0772. The SMILES string of the molecule is Cc1ccccc1N1CCCN(C(=O)c2ccc(C3CCCN3)s2)CC1. The minimum absolute atomic E-state index is 0.200. The molecule has 2 aromatic rings. The van der Waals surface area contributed by atoms with Crippen LogP contribution in [0.5, 0.6) is 0 Å². The number of hydrogen-bond acceptors (Lipinski definition) is 4. The molecule has 0 radical (unpaired) electrons. The molecule has 5 heteroatoms. The van der Waals surface area contributed by atoms with Crippen molar-refractivity contribution in [3.05, 3.63) is 51.7 Å². The van der Waals surface area contributed by atoms with E-state index in [0.717, 1.165) is 44.0 Å². The number of thiophene rings is 1. The second kappa shape index (κ2) is 7.80. The molecule has 2 aliphatic rings. The van der Waals surface area contributed by atoms with Crippen LogP contribution in [0.2, 0.25) is 0 Å². The van der Waals surface area contributed by atoms with E-state index in [0.29, 0.717) is 6.04 Å². The lowest BCUT2D eigenvalue weighted by atomic mass is 10.2. The molecule has 138 valence electrons. The van der Waals surface area contributed by atoms with Crippen LogP contribution in [0.4, 0.5) is 5.69 Å². The fraction of sp³-hybridized carbons (Fsp3) is 0.476. The van der Waals surface area contributed by atoms with Crippen molar-refractivity contribution in [3.8, 4) is 0 Å². The molecule has 0 spiro atoms. The zero-order valence-corrected chi connectivity index (χ0v) is 16.2. The number of aryl methyl sites for hydroxylation is 1. The van der Waals surface area contributed by atoms with Gasteiger partial charge in [-0.25, -0.2) is 0 Å². The summed E-state index contributed by atoms with van der Waals surface area (Å²) in [6.07, 6.45) is 3.43. The van der Waals surface area contributed by atoms with Gasteiger partial charge in [0.05, 0.1) is 4.88 Å². The molecule has 3 heterocycles. The monoisotopic (exact) mass is 369 g/mol. The van der Waals surface area contributed by atoms with E-state index in [9.17, 15) is 4.79 Å². The molecule has 2 fully saturated rings. The smallest absolute Gasteiger partial charge is 0.263 e. The summed E-state index contributed by atoms with van der Waals surface area (Å²) in [4.78, 5) is 19.6. The molecule has 0 bridgehead atoms. The second-order valence-electron chi connectivity index (χ2n) is 7.27. The first-order chi connectivity index (χ1) is 12.7. The molecule has 4 rings (SSSR count). The molecule has 0 aliphatic carbocycles. The van der Waals surface area contributed by atoms with E-state index in [1.807, 2.05) is 11.0 Å². The number of benzene rings is 1. The van der Waals surface area contributed by atoms with E-state index in [-0.39, 0.29) is 5.91 Å². The van der Waals surface area contributed by atoms with Crippen molar-refractivity contribution in [1.82, 2.24) is 10.2 Å². The Morgan fingerprint density at radius 1 is 1.08 bits per heavy atom. The largest absolute Gasteiger partial charge is 0.369 e. The van der Waals surface area contributed by atoms with Gasteiger partial charge < -0.3 is 15.1 Å². The van der Waals surface area contributed by atoms with Crippen LogP contribution < -0.4 is 10.2 Å². The number of hydrogen-bond donors (Lipinski definition) is 1. The fourth-order valence-corrected chi connectivity index (χ4v) is 5.10. The van der Waals surface area contributed by atoms with Crippen molar-refractivity contribution < 1.29 is 4.79 Å². The van der Waals surface area contributed by atoms with E-state index < -0.39 is 0 Å². The van der Waals surface area contributed by atoms with Gasteiger partial charge >= 0.3 is 0 Å². The summed E-state index contributed by atoms with van der Waals surface area (Å²) in [5, 5.41) is 3.52. The van der Waals surface area contributed by atoms with Crippen molar-refractivity contribution in [2.24, 2.45) is 0 Å². The van der Waals surface area contributed by atoms with E-state index >= 15 is 0 Å². The molecule has 26 heavy (non-hydrogen) atoms. The van der Waals surface area contributed by atoms with Crippen LogP contribution in [-0.2, 0) is 0 Å². The molecule has 2 saturated heterocycles. The van der Waals surface area contributed by atoms with Gasteiger partial charge in [0.1, 0.15) is 0 Å².